The van der Waals surface area contributed by atoms with Gasteiger partial charge < -0.3 is 16.4 Å². The van der Waals surface area contributed by atoms with Crippen LogP contribution in [0, 0.1) is 5.92 Å². The number of hydrogen-bond acceptors (Lipinski definition) is 7. The molecule has 5 aromatic rings. The summed E-state index contributed by atoms with van der Waals surface area (Å²) in [5.74, 6) is 0.641. The van der Waals surface area contributed by atoms with Gasteiger partial charge in [-0.3, -0.25) is 9.20 Å². The van der Waals surface area contributed by atoms with Gasteiger partial charge in [0.25, 0.3) is 5.91 Å². The molecule has 4 aromatic heterocycles. The number of hydrogen-bond donors (Lipinski definition) is 3. The fraction of sp³-hybridized carbons (Fsp3) is 0.192. The maximum atomic E-state index is 12.6. The lowest BCUT2D eigenvalue weighted by molar-refractivity contribution is 0.103. The van der Waals surface area contributed by atoms with Crippen molar-refractivity contribution < 1.29 is 4.79 Å². The average molecular weight is 501 g/mol. The normalized spacial score (nSPS) is 13.6. The van der Waals surface area contributed by atoms with E-state index in [4.69, 9.17) is 10.7 Å². The van der Waals surface area contributed by atoms with Crippen molar-refractivity contribution in [2.75, 3.05) is 16.4 Å². The number of carbonyl (C=O) groups excluding carboxylic acids is 1. The van der Waals surface area contributed by atoms with Crippen molar-refractivity contribution in [1.29, 1.82) is 0 Å². The number of para-hydroxylation sites is 2. The van der Waals surface area contributed by atoms with Gasteiger partial charge in [0.05, 0.1) is 33.1 Å². The van der Waals surface area contributed by atoms with Crippen molar-refractivity contribution in [1.82, 2.24) is 14.4 Å². The first kappa shape index (κ1) is 21.8. The molecule has 1 aromatic carbocycles. The largest absolute Gasteiger partial charge is 0.397 e. The summed E-state index contributed by atoms with van der Waals surface area (Å²) in [6.45, 7) is 0. The maximum Gasteiger partial charge on any atom is 0.265 e. The minimum absolute atomic E-state index is 0.191. The number of rotatable bonds is 7. The zero-order valence-corrected chi connectivity index (χ0v) is 20.5. The molecule has 0 spiro atoms. The summed E-state index contributed by atoms with van der Waals surface area (Å²) < 4.78 is 2.09. The van der Waals surface area contributed by atoms with Crippen molar-refractivity contribution in [3.05, 3.63) is 76.7 Å². The molecule has 7 nitrogen and oxygen atoms in total. The van der Waals surface area contributed by atoms with Gasteiger partial charge in [-0.2, -0.15) is 0 Å². The maximum absolute atomic E-state index is 12.6. The second-order valence-electron chi connectivity index (χ2n) is 8.78. The van der Waals surface area contributed by atoms with Crippen molar-refractivity contribution in [2.24, 2.45) is 5.92 Å². The monoisotopic (exact) mass is 500 g/mol. The van der Waals surface area contributed by atoms with Gasteiger partial charge in [0.1, 0.15) is 11.3 Å². The van der Waals surface area contributed by atoms with Gasteiger partial charge in [-0.05, 0) is 54.3 Å². The Morgan fingerprint density at radius 3 is 2.89 bits per heavy atom. The van der Waals surface area contributed by atoms with E-state index in [9.17, 15) is 4.79 Å². The molecule has 0 unspecified atom stereocenters. The molecule has 0 aliphatic heterocycles. The van der Waals surface area contributed by atoms with Gasteiger partial charge in [0, 0.05) is 11.6 Å². The fourth-order valence-corrected chi connectivity index (χ4v) is 5.83. The summed E-state index contributed by atoms with van der Waals surface area (Å²) in [5, 5.41) is 9.81. The molecule has 0 saturated heterocycles. The summed E-state index contributed by atoms with van der Waals surface area (Å²) in [5.41, 5.74) is 11.2. The van der Waals surface area contributed by atoms with Gasteiger partial charge >= 0.3 is 0 Å². The molecule has 176 valence electrons. The summed E-state index contributed by atoms with van der Waals surface area (Å²) in [6.07, 6.45) is 9.17. The first-order valence-corrected chi connectivity index (χ1v) is 13.3. The second-order valence-corrected chi connectivity index (χ2v) is 10.7. The Hall–Kier alpha value is -3.69. The van der Waals surface area contributed by atoms with Crippen LogP contribution in [0.25, 0.3) is 17.0 Å². The highest BCUT2D eigenvalue weighted by atomic mass is 32.1. The predicted molar refractivity (Wildman–Crippen MR) is 144 cm³/mol. The van der Waals surface area contributed by atoms with E-state index in [1.807, 2.05) is 29.8 Å². The van der Waals surface area contributed by atoms with Gasteiger partial charge in [-0.15, -0.1) is 22.7 Å². The molecular weight excluding hydrogens is 476 g/mol. The molecule has 0 radical (unpaired) electrons. The molecule has 1 aliphatic carbocycles. The highest BCUT2D eigenvalue weighted by Crippen LogP contribution is 2.33. The van der Waals surface area contributed by atoms with Crippen molar-refractivity contribution >= 4 is 55.7 Å². The molecular formula is C26H24N6OS2. The van der Waals surface area contributed by atoms with Crippen LogP contribution >= 0.6 is 22.7 Å². The number of thiazole rings is 1. The van der Waals surface area contributed by atoms with E-state index < -0.39 is 0 Å². The van der Waals surface area contributed by atoms with Gasteiger partial charge in [-0.1, -0.05) is 31.4 Å². The summed E-state index contributed by atoms with van der Waals surface area (Å²) in [4.78, 5) is 22.6. The number of nitrogens with one attached hydrogen (secondary N) is 2. The van der Waals surface area contributed by atoms with Crippen molar-refractivity contribution in [3.8, 4) is 11.4 Å². The number of benzene rings is 1. The molecule has 4 heterocycles. The van der Waals surface area contributed by atoms with Crippen LogP contribution in [0.15, 0.2) is 66.3 Å². The number of nitrogens with two attached hydrogens (primary N) is 1. The molecule has 9 heteroatoms. The Bertz CT molecular complexity index is 1510. The zero-order chi connectivity index (χ0) is 23.8. The lowest BCUT2D eigenvalue weighted by Crippen LogP contribution is -2.13. The Kier molecular flexibility index (Phi) is 5.71. The first-order valence-electron chi connectivity index (χ1n) is 11.6. The zero-order valence-electron chi connectivity index (χ0n) is 18.9. The SMILES string of the molecule is Nc1ccccc1NC(=O)c1ccc(Nc2nc(-c3cnc4cc(CC5CCC5)ccn34)cs2)s1. The van der Waals surface area contributed by atoms with Crippen LogP contribution in [-0.2, 0) is 6.42 Å². The summed E-state index contributed by atoms with van der Waals surface area (Å²) in [6, 6.07) is 15.3. The van der Waals surface area contributed by atoms with Crippen LogP contribution in [0.2, 0.25) is 0 Å². The summed E-state index contributed by atoms with van der Waals surface area (Å²) in [7, 11) is 0. The molecule has 1 aliphatic rings. The molecule has 1 amide bonds. The average Bonchev–Trinajstić information content (AvgIpc) is 3.57. The molecule has 0 atom stereocenters. The van der Waals surface area contributed by atoms with Gasteiger partial charge in [0.15, 0.2) is 5.13 Å². The highest BCUT2D eigenvalue weighted by molar-refractivity contribution is 7.19. The van der Waals surface area contributed by atoms with Crippen LogP contribution in [0.4, 0.5) is 21.5 Å². The number of thiophene rings is 1. The Morgan fingerprint density at radius 2 is 2.06 bits per heavy atom. The Balaban J connectivity index is 1.15. The van der Waals surface area contributed by atoms with Crippen LogP contribution in [0.3, 0.4) is 0 Å². The Morgan fingerprint density at radius 1 is 1.17 bits per heavy atom. The van der Waals surface area contributed by atoms with Crippen LogP contribution in [0.5, 0.6) is 0 Å². The van der Waals surface area contributed by atoms with E-state index in [-0.39, 0.29) is 5.91 Å². The molecule has 35 heavy (non-hydrogen) atoms. The van der Waals surface area contributed by atoms with E-state index in [2.05, 4.69) is 38.3 Å². The number of pyridine rings is 1. The van der Waals surface area contributed by atoms with Gasteiger partial charge in [0.2, 0.25) is 0 Å². The van der Waals surface area contributed by atoms with E-state index in [1.165, 1.54) is 47.5 Å². The number of imidazole rings is 1. The molecule has 4 N–H and O–H groups in total. The number of fused-ring (bicyclic) bond motifs is 1. The number of amides is 1. The number of nitrogens with zero attached hydrogens (tertiary/aromatic N) is 3. The lowest BCUT2D eigenvalue weighted by Gasteiger charge is -2.25. The topological polar surface area (TPSA) is 97.3 Å². The van der Waals surface area contributed by atoms with Crippen LogP contribution < -0.4 is 16.4 Å². The van der Waals surface area contributed by atoms with E-state index in [0.29, 0.717) is 16.3 Å². The third kappa shape index (κ3) is 4.52. The molecule has 0 bridgehead atoms. The molecule has 6 rings (SSSR count). The minimum atomic E-state index is -0.191. The molecule has 1 fully saturated rings. The van der Waals surface area contributed by atoms with Crippen LogP contribution in [-0.4, -0.2) is 20.3 Å². The Labute approximate surface area is 210 Å². The minimum Gasteiger partial charge on any atom is -0.397 e. The highest BCUT2D eigenvalue weighted by Gasteiger charge is 2.18. The fourth-order valence-electron chi connectivity index (χ4n) is 4.25. The number of anilines is 4. The second kappa shape index (κ2) is 9.16. The number of aromatic nitrogens is 3. The van der Waals surface area contributed by atoms with Gasteiger partial charge in [-0.25, -0.2) is 9.97 Å². The van der Waals surface area contributed by atoms with Crippen molar-refractivity contribution in [3.63, 3.8) is 0 Å². The standard InChI is InChI=1S/C26H24N6OS2/c27-18-6-1-2-7-19(18)29-25(33)22-8-9-24(35-22)31-26-30-20(15-34-26)21-14-28-23-13-17(10-11-32(21)23)12-16-4-3-5-16/h1-2,6-11,13-16H,3-5,12,27H2,(H,29,33)(H,30,31). The van der Waals surface area contributed by atoms with Crippen molar-refractivity contribution in [2.45, 2.75) is 25.7 Å². The molecule has 1 saturated carbocycles. The van der Waals surface area contributed by atoms with E-state index in [1.54, 1.807) is 18.2 Å². The smallest absolute Gasteiger partial charge is 0.265 e. The van der Waals surface area contributed by atoms with E-state index in [0.717, 1.165) is 39.5 Å². The predicted octanol–water partition coefficient (Wildman–Crippen LogP) is 6.44. The number of carbonyl (C=O) groups is 1. The first-order chi connectivity index (χ1) is 17.1. The van der Waals surface area contributed by atoms with Crippen LogP contribution in [0.1, 0.15) is 34.5 Å². The van der Waals surface area contributed by atoms with E-state index >= 15 is 0 Å². The quantitative estimate of drug-likeness (QED) is 0.223. The third-order valence-corrected chi connectivity index (χ3v) is 8.12. The number of nitrogen functional groups attached to an aromatic ring is 1. The lowest BCUT2D eigenvalue weighted by atomic mass is 9.81. The summed E-state index contributed by atoms with van der Waals surface area (Å²) >= 11 is 2.89. The third-order valence-electron chi connectivity index (χ3n) is 6.36.